The van der Waals surface area contributed by atoms with Crippen molar-refractivity contribution in [1.29, 1.82) is 0 Å². The standard InChI is InChI=1S/C27H43N3/c1-18(2)26(22-9-5-7-15-28-22)21-12-11-20-13-14-24(30-25(20)17-21)27(19(3)4)23-10-6-8-16-29-23/h6,8,10,16,18-19,21-22,24,26-28,30H,5,7,9,11-15,17H2,1-4H3. The molecule has 3 heterocycles. The number of allylic oxidation sites excluding steroid dienone is 2. The first kappa shape index (κ1) is 21.9. The molecule has 1 aromatic rings. The number of nitrogens with one attached hydrogen (secondary N) is 2. The van der Waals surface area contributed by atoms with Crippen molar-refractivity contribution in [2.75, 3.05) is 6.54 Å². The van der Waals surface area contributed by atoms with Crippen molar-refractivity contribution in [1.82, 2.24) is 15.6 Å². The third-order valence-corrected chi connectivity index (χ3v) is 8.13. The van der Waals surface area contributed by atoms with Gasteiger partial charge in [-0.25, -0.2) is 0 Å². The molecule has 1 fully saturated rings. The molecule has 1 saturated heterocycles. The van der Waals surface area contributed by atoms with E-state index in [4.69, 9.17) is 4.98 Å². The van der Waals surface area contributed by atoms with Gasteiger partial charge in [-0.15, -0.1) is 0 Å². The summed E-state index contributed by atoms with van der Waals surface area (Å²) < 4.78 is 0. The molecule has 0 saturated carbocycles. The van der Waals surface area contributed by atoms with Crippen LogP contribution in [0.4, 0.5) is 0 Å². The van der Waals surface area contributed by atoms with E-state index in [0.717, 1.165) is 23.8 Å². The van der Waals surface area contributed by atoms with Gasteiger partial charge >= 0.3 is 0 Å². The molecular weight excluding hydrogens is 366 g/mol. The molecule has 2 N–H and O–H groups in total. The first-order valence-electron chi connectivity index (χ1n) is 12.7. The lowest BCUT2D eigenvalue weighted by molar-refractivity contribution is 0.144. The molecule has 1 aliphatic carbocycles. The van der Waals surface area contributed by atoms with Crippen molar-refractivity contribution in [3.05, 3.63) is 41.4 Å². The summed E-state index contributed by atoms with van der Waals surface area (Å²) in [5.74, 6) is 3.45. The van der Waals surface area contributed by atoms with E-state index in [1.807, 2.05) is 12.3 Å². The Balaban J connectivity index is 1.49. The summed E-state index contributed by atoms with van der Waals surface area (Å²) >= 11 is 0. The Kier molecular flexibility index (Phi) is 7.18. The molecule has 0 bridgehead atoms. The van der Waals surface area contributed by atoms with Crippen molar-refractivity contribution in [3.63, 3.8) is 0 Å². The van der Waals surface area contributed by atoms with Crippen LogP contribution >= 0.6 is 0 Å². The van der Waals surface area contributed by atoms with Crippen LogP contribution in [0.15, 0.2) is 35.7 Å². The predicted octanol–water partition coefficient (Wildman–Crippen LogP) is 6.04. The van der Waals surface area contributed by atoms with Crippen LogP contribution in [-0.2, 0) is 0 Å². The van der Waals surface area contributed by atoms with Gasteiger partial charge in [0.2, 0.25) is 0 Å². The molecule has 30 heavy (non-hydrogen) atoms. The molecule has 5 unspecified atom stereocenters. The second kappa shape index (κ2) is 9.85. The minimum absolute atomic E-state index is 0.488. The third kappa shape index (κ3) is 4.77. The van der Waals surface area contributed by atoms with Crippen LogP contribution in [0.25, 0.3) is 0 Å². The molecule has 2 aliphatic heterocycles. The fourth-order valence-electron chi connectivity index (χ4n) is 6.81. The van der Waals surface area contributed by atoms with Crippen LogP contribution < -0.4 is 10.6 Å². The zero-order valence-corrected chi connectivity index (χ0v) is 19.7. The number of rotatable bonds is 6. The Morgan fingerprint density at radius 3 is 2.43 bits per heavy atom. The number of hydrogen-bond acceptors (Lipinski definition) is 3. The van der Waals surface area contributed by atoms with Gasteiger partial charge in [-0.1, -0.05) is 45.8 Å². The van der Waals surface area contributed by atoms with E-state index in [1.54, 1.807) is 11.3 Å². The summed E-state index contributed by atoms with van der Waals surface area (Å²) in [5, 5.41) is 7.97. The molecule has 0 amide bonds. The van der Waals surface area contributed by atoms with Crippen LogP contribution in [-0.4, -0.2) is 23.6 Å². The topological polar surface area (TPSA) is 37.0 Å². The Bertz CT molecular complexity index is 702. The minimum Gasteiger partial charge on any atom is -0.385 e. The maximum Gasteiger partial charge on any atom is 0.0457 e. The van der Waals surface area contributed by atoms with E-state index in [1.165, 1.54) is 63.6 Å². The van der Waals surface area contributed by atoms with Crippen LogP contribution in [0.5, 0.6) is 0 Å². The smallest absolute Gasteiger partial charge is 0.0457 e. The van der Waals surface area contributed by atoms with Crippen LogP contribution in [0.2, 0.25) is 0 Å². The van der Waals surface area contributed by atoms with E-state index < -0.39 is 0 Å². The molecule has 3 heteroatoms. The van der Waals surface area contributed by atoms with Crippen LogP contribution in [0.3, 0.4) is 0 Å². The summed E-state index contributed by atoms with van der Waals surface area (Å²) in [4.78, 5) is 4.74. The molecule has 1 aromatic heterocycles. The second-order valence-corrected chi connectivity index (χ2v) is 10.8. The zero-order chi connectivity index (χ0) is 21.1. The Hall–Kier alpha value is -1.35. The zero-order valence-electron chi connectivity index (χ0n) is 19.7. The van der Waals surface area contributed by atoms with Crippen molar-refractivity contribution in [2.24, 2.45) is 23.7 Å². The summed E-state index contributed by atoms with van der Waals surface area (Å²) in [6, 6.07) is 7.65. The molecule has 0 spiro atoms. The highest BCUT2D eigenvalue weighted by Crippen LogP contribution is 2.43. The number of nitrogens with zero attached hydrogens (tertiary/aromatic N) is 1. The Morgan fingerprint density at radius 1 is 0.933 bits per heavy atom. The van der Waals surface area contributed by atoms with Crippen LogP contribution in [0, 0.1) is 23.7 Å². The van der Waals surface area contributed by atoms with E-state index in [9.17, 15) is 0 Å². The second-order valence-electron chi connectivity index (χ2n) is 10.8. The summed E-state index contributed by atoms with van der Waals surface area (Å²) in [6.07, 6.45) is 12.6. The average molecular weight is 410 g/mol. The Morgan fingerprint density at radius 2 is 1.77 bits per heavy atom. The van der Waals surface area contributed by atoms with E-state index >= 15 is 0 Å². The van der Waals surface area contributed by atoms with E-state index in [2.05, 4.69) is 50.5 Å². The predicted molar refractivity (Wildman–Crippen MR) is 126 cm³/mol. The largest absolute Gasteiger partial charge is 0.385 e. The molecule has 5 atom stereocenters. The van der Waals surface area contributed by atoms with Crippen LogP contribution in [0.1, 0.15) is 90.7 Å². The lowest BCUT2D eigenvalue weighted by Crippen LogP contribution is -2.47. The molecule has 4 rings (SSSR count). The highest BCUT2D eigenvalue weighted by Gasteiger charge is 2.38. The van der Waals surface area contributed by atoms with Gasteiger partial charge in [0, 0.05) is 35.6 Å². The fourth-order valence-corrected chi connectivity index (χ4v) is 6.81. The summed E-state index contributed by atoms with van der Waals surface area (Å²) in [5.41, 5.74) is 4.59. The van der Waals surface area contributed by atoms with Crippen molar-refractivity contribution >= 4 is 0 Å². The SMILES string of the molecule is CC(C)C(c1ccccn1)C1CCC2=C(CC(C(C(C)C)C3CCCCN3)CC2)N1. The quantitative estimate of drug-likeness (QED) is 0.601. The molecular formula is C27H43N3. The van der Waals surface area contributed by atoms with Gasteiger partial charge in [-0.3, -0.25) is 4.98 Å². The minimum atomic E-state index is 0.488. The molecule has 3 aliphatic rings. The summed E-state index contributed by atoms with van der Waals surface area (Å²) in [6.45, 7) is 10.8. The fraction of sp³-hybridized carbons (Fsp3) is 0.741. The van der Waals surface area contributed by atoms with Crippen molar-refractivity contribution in [3.8, 4) is 0 Å². The van der Waals surface area contributed by atoms with Gasteiger partial charge in [0.25, 0.3) is 0 Å². The lowest BCUT2D eigenvalue weighted by atomic mass is 9.68. The molecule has 0 radical (unpaired) electrons. The van der Waals surface area contributed by atoms with E-state index in [-0.39, 0.29) is 0 Å². The van der Waals surface area contributed by atoms with Crippen molar-refractivity contribution in [2.45, 2.75) is 97.1 Å². The van der Waals surface area contributed by atoms with Gasteiger partial charge in [0.15, 0.2) is 0 Å². The number of pyridine rings is 1. The molecule has 0 aromatic carbocycles. The van der Waals surface area contributed by atoms with Gasteiger partial charge in [0.1, 0.15) is 0 Å². The average Bonchev–Trinajstić information content (AvgIpc) is 2.75. The van der Waals surface area contributed by atoms with Gasteiger partial charge < -0.3 is 10.6 Å². The first-order valence-corrected chi connectivity index (χ1v) is 12.7. The number of aromatic nitrogens is 1. The monoisotopic (exact) mass is 409 g/mol. The van der Waals surface area contributed by atoms with E-state index in [0.29, 0.717) is 17.9 Å². The maximum absolute atomic E-state index is 4.74. The number of piperidine rings is 1. The highest BCUT2D eigenvalue weighted by atomic mass is 15.0. The van der Waals surface area contributed by atoms with Gasteiger partial charge in [0.05, 0.1) is 0 Å². The lowest BCUT2D eigenvalue weighted by Gasteiger charge is -2.44. The van der Waals surface area contributed by atoms with Gasteiger partial charge in [-0.2, -0.15) is 0 Å². The van der Waals surface area contributed by atoms with Gasteiger partial charge in [-0.05, 0) is 87.3 Å². The normalized spacial score (nSPS) is 29.5. The number of hydrogen-bond donors (Lipinski definition) is 2. The molecule has 3 nitrogen and oxygen atoms in total. The van der Waals surface area contributed by atoms with Crippen molar-refractivity contribution < 1.29 is 0 Å². The maximum atomic E-state index is 4.74. The first-order chi connectivity index (χ1) is 14.5. The molecule has 166 valence electrons. The Labute approximate surface area is 184 Å². The summed E-state index contributed by atoms with van der Waals surface area (Å²) in [7, 11) is 0. The third-order valence-electron chi connectivity index (χ3n) is 8.13. The highest BCUT2D eigenvalue weighted by molar-refractivity contribution is 5.24.